The lowest BCUT2D eigenvalue weighted by Gasteiger charge is -2.26. The third-order valence-electron chi connectivity index (χ3n) is 6.08. The lowest BCUT2D eigenvalue weighted by molar-refractivity contribution is -0.657. The summed E-state index contributed by atoms with van der Waals surface area (Å²) in [7, 11) is 7.80. The molecule has 10 heteroatoms. The number of azo groups is 2. The summed E-state index contributed by atoms with van der Waals surface area (Å²) in [6.07, 6.45) is 7.80. The van der Waals surface area contributed by atoms with Crippen LogP contribution < -0.4 is 19.8 Å². The first-order valence-corrected chi connectivity index (χ1v) is 12.2. The van der Waals surface area contributed by atoms with E-state index in [1.54, 1.807) is 0 Å². The van der Waals surface area contributed by atoms with Gasteiger partial charge in [0.2, 0.25) is 0 Å². The highest BCUT2D eigenvalue weighted by atomic mass is 15.3. The number of benzene rings is 2. The summed E-state index contributed by atoms with van der Waals surface area (Å²) in [5.41, 5.74) is 3.76. The number of aryl methyl sites for hydroxylation is 4. The van der Waals surface area contributed by atoms with Crippen LogP contribution in [0.5, 0.6) is 0 Å². The van der Waals surface area contributed by atoms with Gasteiger partial charge in [0.05, 0.1) is 53.0 Å². The van der Waals surface area contributed by atoms with Crippen molar-refractivity contribution in [1.82, 2.24) is 9.13 Å². The number of hydrogen-bond donors (Lipinski definition) is 2. The molecule has 0 saturated carbocycles. The molecule has 2 N–H and O–H groups in total. The van der Waals surface area contributed by atoms with Crippen molar-refractivity contribution < 1.29 is 9.13 Å². The van der Waals surface area contributed by atoms with Gasteiger partial charge in [-0.05, 0) is 53.9 Å². The molecule has 0 aliphatic heterocycles. The molecule has 10 nitrogen and oxygen atoms in total. The number of hydrogen-bond acceptors (Lipinski definition) is 6. The maximum atomic E-state index is 4.35. The molecule has 2 aromatic carbocycles. The first-order valence-electron chi connectivity index (χ1n) is 12.2. The Balaban J connectivity index is 1.25. The van der Waals surface area contributed by atoms with Gasteiger partial charge in [-0.25, -0.2) is 18.3 Å². The van der Waals surface area contributed by atoms with Gasteiger partial charge in [0.1, 0.15) is 11.4 Å². The van der Waals surface area contributed by atoms with Crippen LogP contribution in [0.2, 0.25) is 0 Å². The lowest BCUT2D eigenvalue weighted by atomic mass is 9.93. The van der Waals surface area contributed by atoms with Crippen LogP contribution in [0.4, 0.5) is 34.6 Å². The van der Waals surface area contributed by atoms with Crippen LogP contribution >= 0.6 is 0 Å². The van der Waals surface area contributed by atoms with E-state index in [1.165, 1.54) is 0 Å². The zero-order valence-corrected chi connectivity index (χ0v) is 22.4. The van der Waals surface area contributed by atoms with E-state index < -0.39 is 0 Å². The molecule has 0 aliphatic carbocycles. The quantitative estimate of drug-likeness (QED) is 0.226. The zero-order chi connectivity index (χ0) is 26.4. The van der Waals surface area contributed by atoms with Crippen LogP contribution in [-0.2, 0) is 28.2 Å². The molecule has 0 fully saturated rings. The van der Waals surface area contributed by atoms with Gasteiger partial charge in [0.25, 0.3) is 0 Å². The summed E-state index contributed by atoms with van der Waals surface area (Å²) in [5, 5.41) is 24.5. The van der Waals surface area contributed by atoms with E-state index in [9.17, 15) is 0 Å². The fourth-order valence-electron chi connectivity index (χ4n) is 3.69. The minimum absolute atomic E-state index is 0.0271. The molecule has 0 saturated heterocycles. The summed E-state index contributed by atoms with van der Waals surface area (Å²) in [6.45, 7) is 6.11. The second kappa shape index (κ2) is 11.2. The van der Waals surface area contributed by atoms with Crippen molar-refractivity contribution >= 4 is 34.6 Å². The van der Waals surface area contributed by atoms with Crippen molar-refractivity contribution in [2.24, 2.45) is 54.1 Å². The predicted octanol–water partition coefficient (Wildman–Crippen LogP) is 5.39. The maximum absolute atomic E-state index is 4.35. The van der Waals surface area contributed by atoms with Gasteiger partial charge in [-0.2, -0.15) is 0 Å². The Morgan fingerprint density at radius 3 is 1.35 bits per heavy atom. The molecular formula is C27H36N10+2. The Bertz CT molecular complexity index is 1230. The molecule has 0 spiro atoms. The van der Waals surface area contributed by atoms with E-state index in [0.29, 0.717) is 0 Å². The number of imidazole rings is 2. The van der Waals surface area contributed by atoms with Gasteiger partial charge in [0.15, 0.2) is 0 Å². The van der Waals surface area contributed by atoms with Crippen LogP contribution in [0, 0.1) is 5.41 Å². The fourth-order valence-corrected chi connectivity index (χ4v) is 3.69. The first kappa shape index (κ1) is 25.7. The molecule has 192 valence electrons. The monoisotopic (exact) mass is 500 g/mol. The van der Waals surface area contributed by atoms with Crippen molar-refractivity contribution in [3.8, 4) is 0 Å². The Labute approximate surface area is 218 Å². The molecule has 4 aromatic rings. The largest absolute Gasteiger partial charge is 0.421 e. The van der Waals surface area contributed by atoms with Crippen LogP contribution in [-0.4, -0.2) is 22.2 Å². The summed E-state index contributed by atoms with van der Waals surface area (Å²) in [4.78, 5) is 0. The van der Waals surface area contributed by atoms with E-state index in [2.05, 4.69) is 44.9 Å². The summed E-state index contributed by atoms with van der Waals surface area (Å²) in [6, 6.07) is 16.0. The fraction of sp³-hybridized carbons (Fsp3) is 0.333. The number of nitrogens with one attached hydrogen (secondary N) is 2. The highest BCUT2D eigenvalue weighted by molar-refractivity contribution is 5.52. The second-order valence-electron chi connectivity index (χ2n) is 10.0. The normalized spacial score (nSPS) is 12.1. The minimum Gasteiger partial charge on any atom is -0.384 e. The molecule has 0 atom stereocenters. The Kier molecular flexibility index (Phi) is 7.76. The van der Waals surface area contributed by atoms with Crippen molar-refractivity contribution in [3.05, 3.63) is 73.3 Å². The predicted molar refractivity (Wildman–Crippen MR) is 145 cm³/mol. The molecule has 2 heterocycles. The summed E-state index contributed by atoms with van der Waals surface area (Å²) in [5.74, 6) is 1.58. The molecule has 2 aromatic heterocycles. The van der Waals surface area contributed by atoms with Crippen molar-refractivity contribution in [1.29, 1.82) is 0 Å². The molecule has 37 heavy (non-hydrogen) atoms. The summed E-state index contributed by atoms with van der Waals surface area (Å²) >= 11 is 0. The van der Waals surface area contributed by atoms with Crippen molar-refractivity contribution in [2.75, 3.05) is 23.7 Å². The van der Waals surface area contributed by atoms with Gasteiger partial charge >= 0.3 is 11.9 Å². The third kappa shape index (κ3) is 6.87. The average Bonchev–Trinajstić information content (AvgIpc) is 3.39. The van der Waals surface area contributed by atoms with E-state index in [0.717, 1.165) is 47.7 Å². The minimum atomic E-state index is 0.0271. The molecular weight excluding hydrogens is 464 g/mol. The Morgan fingerprint density at radius 2 is 1.03 bits per heavy atom. The highest BCUT2D eigenvalue weighted by Gasteiger charge is 2.18. The molecule has 0 bridgehead atoms. The van der Waals surface area contributed by atoms with Gasteiger partial charge in [-0.3, -0.25) is 0 Å². The van der Waals surface area contributed by atoms with E-state index in [1.807, 2.05) is 120 Å². The smallest absolute Gasteiger partial charge is 0.384 e. The maximum Gasteiger partial charge on any atom is 0.421 e. The highest BCUT2D eigenvalue weighted by Crippen LogP contribution is 2.23. The number of aromatic nitrogens is 4. The van der Waals surface area contributed by atoms with E-state index >= 15 is 0 Å². The standard InChI is InChI=1S/C27H34N10/c1-27(2,19-28-21-7-11-23(12-8-21)30-32-25-34(3)15-16-35(25)4)20-29-22-9-13-24(14-10-22)31-33-26-36(5)17-18-37(26)6/h7-18H,19-20H2,1-6H3/p+2. The van der Waals surface area contributed by atoms with Crippen molar-refractivity contribution in [2.45, 2.75) is 13.8 Å². The molecule has 0 aliphatic rings. The molecule has 0 radical (unpaired) electrons. The van der Waals surface area contributed by atoms with Crippen LogP contribution in [0.3, 0.4) is 0 Å². The Hall–Kier alpha value is -4.34. The van der Waals surface area contributed by atoms with Crippen molar-refractivity contribution in [3.63, 3.8) is 0 Å². The van der Waals surface area contributed by atoms with Gasteiger partial charge in [-0.15, -0.1) is 0 Å². The Morgan fingerprint density at radius 1 is 0.649 bits per heavy atom. The van der Waals surface area contributed by atoms with E-state index in [-0.39, 0.29) is 5.41 Å². The molecule has 0 unspecified atom stereocenters. The molecule has 4 rings (SSSR count). The van der Waals surface area contributed by atoms with Gasteiger partial charge in [0, 0.05) is 34.7 Å². The number of rotatable bonds is 10. The van der Waals surface area contributed by atoms with E-state index in [4.69, 9.17) is 0 Å². The van der Waals surface area contributed by atoms with Crippen LogP contribution in [0.1, 0.15) is 13.8 Å². The lowest BCUT2D eigenvalue weighted by Crippen LogP contribution is -2.30. The van der Waals surface area contributed by atoms with Gasteiger partial charge < -0.3 is 10.6 Å². The zero-order valence-electron chi connectivity index (χ0n) is 22.4. The van der Waals surface area contributed by atoms with Gasteiger partial charge in [-0.1, -0.05) is 24.1 Å². The average molecular weight is 501 g/mol. The molecule has 0 amide bonds. The number of nitrogens with zero attached hydrogens (tertiary/aromatic N) is 8. The topological polar surface area (TPSA) is 91.1 Å². The number of anilines is 2. The summed E-state index contributed by atoms with van der Waals surface area (Å²) < 4.78 is 7.73. The second-order valence-corrected chi connectivity index (χ2v) is 10.0. The van der Waals surface area contributed by atoms with Crippen LogP contribution in [0.15, 0.2) is 93.8 Å². The first-order chi connectivity index (χ1) is 17.7. The SMILES string of the molecule is Cn1cc[n+](C)c1/N=N/c1ccc(NCC(C)(C)CNc2ccc(/N=N/c3n(C)cc[n+]3C)cc2)cc1. The van der Waals surface area contributed by atoms with Crippen LogP contribution in [0.25, 0.3) is 0 Å². The third-order valence-corrected chi connectivity index (χ3v) is 6.08.